The molecule has 0 radical (unpaired) electrons. The lowest BCUT2D eigenvalue weighted by molar-refractivity contribution is 0.141. The molecule has 1 heterocycles. The average molecular weight is 263 g/mol. The van der Waals surface area contributed by atoms with Gasteiger partial charge in [-0.15, -0.1) is 0 Å². The Hall–Kier alpha value is -1.16. The molecule has 0 amide bonds. The second-order valence-corrected chi connectivity index (χ2v) is 5.85. The number of hydrogen-bond donors (Lipinski definition) is 2. The molecule has 1 saturated carbocycles. The maximum atomic E-state index is 9.42. The van der Waals surface area contributed by atoms with E-state index in [2.05, 4.69) is 29.1 Å². The summed E-state index contributed by atoms with van der Waals surface area (Å²) in [5.41, 5.74) is 1.07. The van der Waals surface area contributed by atoms with Crippen LogP contribution in [-0.4, -0.2) is 28.2 Å². The van der Waals surface area contributed by atoms with E-state index in [0.717, 1.165) is 24.5 Å². The van der Waals surface area contributed by atoms with Crippen LogP contribution in [0.15, 0.2) is 12.4 Å². The molecule has 2 rings (SSSR count). The smallest absolute Gasteiger partial charge is 0.129 e. The Labute approximate surface area is 115 Å². The topological polar surface area (TPSA) is 58.0 Å². The fourth-order valence-electron chi connectivity index (χ4n) is 2.81. The summed E-state index contributed by atoms with van der Waals surface area (Å²) in [5.74, 6) is 2.34. The third-order valence-corrected chi connectivity index (χ3v) is 4.13. The first-order chi connectivity index (χ1) is 9.20. The van der Waals surface area contributed by atoms with Crippen LogP contribution >= 0.6 is 0 Å². The molecule has 2 unspecified atom stereocenters. The number of hydrogen-bond acceptors (Lipinski definition) is 4. The molecule has 1 aliphatic rings. The molecule has 1 aromatic heterocycles. The third kappa shape index (κ3) is 3.90. The Morgan fingerprint density at radius 3 is 2.68 bits per heavy atom. The summed E-state index contributed by atoms with van der Waals surface area (Å²) in [6.07, 6.45) is 6.53. The van der Waals surface area contributed by atoms with Crippen molar-refractivity contribution in [3.63, 3.8) is 0 Å². The Bertz CT molecular complexity index is 395. The highest BCUT2D eigenvalue weighted by molar-refractivity contribution is 5.35. The van der Waals surface area contributed by atoms with E-state index in [4.69, 9.17) is 0 Å². The van der Waals surface area contributed by atoms with E-state index in [9.17, 15) is 5.11 Å². The summed E-state index contributed by atoms with van der Waals surface area (Å²) in [5, 5.41) is 12.8. The highest BCUT2D eigenvalue weighted by atomic mass is 16.3. The lowest BCUT2D eigenvalue weighted by Crippen LogP contribution is -2.28. The highest BCUT2D eigenvalue weighted by Gasteiger charge is 2.24. The molecule has 106 valence electrons. The van der Waals surface area contributed by atoms with Crippen molar-refractivity contribution in [2.75, 3.05) is 18.5 Å². The fourth-order valence-corrected chi connectivity index (χ4v) is 2.81. The van der Waals surface area contributed by atoms with Gasteiger partial charge < -0.3 is 10.4 Å². The van der Waals surface area contributed by atoms with Crippen molar-refractivity contribution in [3.05, 3.63) is 18.1 Å². The SMILES string of the molecule is CC(C)c1cc(NCC2CCCCC2CO)ncn1. The monoisotopic (exact) mass is 263 g/mol. The van der Waals surface area contributed by atoms with Gasteiger partial charge in [0, 0.05) is 24.9 Å². The maximum Gasteiger partial charge on any atom is 0.129 e. The lowest BCUT2D eigenvalue weighted by atomic mass is 9.79. The van der Waals surface area contributed by atoms with Crippen LogP contribution in [0, 0.1) is 11.8 Å². The predicted molar refractivity (Wildman–Crippen MR) is 77.1 cm³/mol. The van der Waals surface area contributed by atoms with Crippen LogP contribution in [0.4, 0.5) is 5.82 Å². The maximum absolute atomic E-state index is 9.42. The van der Waals surface area contributed by atoms with E-state index in [1.807, 2.05) is 6.07 Å². The van der Waals surface area contributed by atoms with Crippen molar-refractivity contribution in [2.45, 2.75) is 45.4 Å². The molecule has 2 N–H and O–H groups in total. The minimum absolute atomic E-state index is 0.313. The quantitative estimate of drug-likeness (QED) is 0.857. The number of rotatable bonds is 5. The Morgan fingerprint density at radius 1 is 1.26 bits per heavy atom. The Morgan fingerprint density at radius 2 is 2.00 bits per heavy atom. The van der Waals surface area contributed by atoms with Gasteiger partial charge in [-0.2, -0.15) is 0 Å². The number of nitrogens with zero attached hydrogens (tertiary/aromatic N) is 2. The zero-order valence-electron chi connectivity index (χ0n) is 12.0. The van der Waals surface area contributed by atoms with E-state index in [1.165, 1.54) is 19.3 Å². The van der Waals surface area contributed by atoms with Crippen LogP contribution in [0.5, 0.6) is 0 Å². The number of aromatic nitrogens is 2. The first-order valence-corrected chi connectivity index (χ1v) is 7.37. The van der Waals surface area contributed by atoms with Gasteiger partial charge in [-0.3, -0.25) is 0 Å². The van der Waals surface area contributed by atoms with Gasteiger partial charge >= 0.3 is 0 Å². The van der Waals surface area contributed by atoms with E-state index in [1.54, 1.807) is 6.33 Å². The van der Waals surface area contributed by atoms with Gasteiger partial charge in [0.25, 0.3) is 0 Å². The van der Waals surface area contributed by atoms with Crippen LogP contribution < -0.4 is 5.32 Å². The zero-order valence-corrected chi connectivity index (χ0v) is 12.0. The van der Waals surface area contributed by atoms with Gasteiger partial charge in [-0.1, -0.05) is 26.7 Å². The number of nitrogens with one attached hydrogen (secondary N) is 1. The molecule has 4 heteroatoms. The molecule has 1 fully saturated rings. The second-order valence-electron chi connectivity index (χ2n) is 5.85. The molecule has 0 spiro atoms. The van der Waals surface area contributed by atoms with Crippen molar-refractivity contribution in [2.24, 2.45) is 11.8 Å². The van der Waals surface area contributed by atoms with Gasteiger partial charge in [-0.25, -0.2) is 9.97 Å². The van der Waals surface area contributed by atoms with Crippen LogP contribution in [0.3, 0.4) is 0 Å². The molecule has 0 aromatic carbocycles. The summed E-state index contributed by atoms with van der Waals surface area (Å²) in [6, 6.07) is 2.03. The fraction of sp³-hybridized carbons (Fsp3) is 0.733. The van der Waals surface area contributed by atoms with Crippen molar-refractivity contribution >= 4 is 5.82 Å². The highest BCUT2D eigenvalue weighted by Crippen LogP contribution is 2.29. The van der Waals surface area contributed by atoms with E-state index in [-0.39, 0.29) is 0 Å². The molecule has 2 atom stereocenters. The summed E-state index contributed by atoms with van der Waals surface area (Å²) in [7, 11) is 0. The first-order valence-electron chi connectivity index (χ1n) is 7.37. The summed E-state index contributed by atoms with van der Waals surface area (Å²) < 4.78 is 0. The molecular formula is C15H25N3O. The minimum Gasteiger partial charge on any atom is -0.396 e. The van der Waals surface area contributed by atoms with E-state index < -0.39 is 0 Å². The molecule has 0 aliphatic heterocycles. The van der Waals surface area contributed by atoms with Gasteiger partial charge in [0.15, 0.2) is 0 Å². The molecule has 1 aliphatic carbocycles. The predicted octanol–water partition coefficient (Wildman–Crippen LogP) is 2.81. The Balaban J connectivity index is 1.92. The molecule has 0 saturated heterocycles. The van der Waals surface area contributed by atoms with E-state index in [0.29, 0.717) is 24.4 Å². The van der Waals surface area contributed by atoms with E-state index >= 15 is 0 Å². The van der Waals surface area contributed by atoms with Crippen LogP contribution in [0.25, 0.3) is 0 Å². The molecule has 0 bridgehead atoms. The summed E-state index contributed by atoms with van der Waals surface area (Å²) in [4.78, 5) is 8.55. The lowest BCUT2D eigenvalue weighted by Gasteiger charge is -2.30. The molecule has 4 nitrogen and oxygen atoms in total. The van der Waals surface area contributed by atoms with Gasteiger partial charge in [0.2, 0.25) is 0 Å². The standard InChI is InChI=1S/C15H25N3O/c1-11(2)14-7-15(18-10-17-14)16-8-12-5-3-4-6-13(12)9-19/h7,10-13,19H,3-6,8-9H2,1-2H3,(H,16,17,18). The largest absolute Gasteiger partial charge is 0.396 e. The van der Waals surface area contributed by atoms with Crippen molar-refractivity contribution in [3.8, 4) is 0 Å². The molecule has 1 aromatic rings. The first kappa shape index (κ1) is 14.3. The Kier molecular flexibility index (Phi) is 5.14. The van der Waals surface area contributed by atoms with Crippen molar-refractivity contribution in [1.82, 2.24) is 9.97 Å². The number of aliphatic hydroxyl groups is 1. The van der Waals surface area contributed by atoms with Gasteiger partial charge in [-0.05, 0) is 30.6 Å². The average Bonchev–Trinajstić information content (AvgIpc) is 2.45. The minimum atomic E-state index is 0.313. The van der Waals surface area contributed by atoms with Crippen LogP contribution in [0.1, 0.15) is 51.1 Å². The normalized spacial score (nSPS) is 23.6. The van der Waals surface area contributed by atoms with Crippen molar-refractivity contribution < 1.29 is 5.11 Å². The van der Waals surface area contributed by atoms with Crippen molar-refractivity contribution in [1.29, 1.82) is 0 Å². The summed E-state index contributed by atoms with van der Waals surface area (Å²) in [6.45, 7) is 5.48. The van der Waals surface area contributed by atoms with Crippen LogP contribution in [-0.2, 0) is 0 Å². The van der Waals surface area contributed by atoms with Gasteiger partial charge in [0.05, 0.1) is 0 Å². The zero-order chi connectivity index (χ0) is 13.7. The molecular weight excluding hydrogens is 238 g/mol. The number of aliphatic hydroxyl groups excluding tert-OH is 1. The van der Waals surface area contributed by atoms with Gasteiger partial charge in [0.1, 0.15) is 12.1 Å². The third-order valence-electron chi connectivity index (χ3n) is 4.13. The molecule has 19 heavy (non-hydrogen) atoms. The van der Waals surface area contributed by atoms with Crippen LogP contribution in [0.2, 0.25) is 0 Å². The second kappa shape index (κ2) is 6.85. The summed E-state index contributed by atoms with van der Waals surface area (Å²) >= 11 is 0. The number of anilines is 1.